The molecule has 0 aliphatic rings. The average Bonchev–Trinajstić information content (AvgIpc) is 2.90. The Bertz CT molecular complexity index is 1810. The highest BCUT2D eigenvalue weighted by Crippen LogP contribution is 2.30. The monoisotopic (exact) mass is 518 g/mol. The van der Waals surface area contributed by atoms with Crippen molar-refractivity contribution < 1.29 is 17.5 Å². The van der Waals surface area contributed by atoms with Crippen molar-refractivity contribution in [2.45, 2.75) is 4.90 Å². The molecule has 0 unspecified atom stereocenters. The van der Waals surface area contributed by atoms with Gasteiger partial charge >= 0.3 is 0 Å². The number of anilines is 2. The van der Waals surface area contributed by atoms with Crippen LogP contribution in [0, 0.1) is 5.82 Å². The lowest BCUT2D eigenvalue weighted by atomic mass is 10.1. The number of pyridine rings is 2. The van der Waals surface area contributed by atoms with E-state index in [1.54, 1.807) is 42.5 Å². The molecule has 186 valence electrons. The number of hydrogen-bond acceptors (Lipinski definition) is 8. The molecule has 0 saturated heterocycles. The summed E-state index contributed by atoms with van der Waals surface area (Å²) < 4.78 is 48.9. The van der Waals surface area contributed by atoms with Crippen LogP contribution in [0.25, 0.3) is 27.7 Å². The lowest BCUT2D eigenvalue weighted by Gasteiger charge is -2.13. The van der Waals surface area contributed by atoms with Gasteiger partial charge in [-0.3, -0.25) is 14.5 Å². The molecule has 5 aromatic rings. The van der Waals surface area contributed by atoms with Crippen LogP contribution in [0.15, 0.2) is 88.9 Å². The molecule has 0 radical (unpaired) electrons. The van der Waals surface area contributed by atoms with Crippen molar-refractivity contribution in [3.8, 4) is 22.7 Å². The van der Waals surface area contributed by atoms with E-state index in [2.05, 4.69) is 19.7 Å². The fourth-order valence-corrected chi connectivity index (χ4v) is 5.02. The molecular formula is C25H19FN6O4S. The minimum Gasteiger partial charge on any atom is -0.480 e. The summed E-state index contributed by atoms with van der Waals surface area (Å²) in [6, 6.07) is 16.2. The van der Waals surface area contributed by atoms with E-state index < -0.39 is 15.8 Å². The van der Waals surface area contributed by atoms with Gasteiger partial charge in [-0.15, -0.1) is 0 Å². The number of rotatable bonds is 6. The molecule has 0 bridgehead atoms. The zero-order valence-electron chi connectivity index (χ0n) is 19.3. The van der Waals surface area contributed by atoms with Crippen molar-refractivity contribution in [3.05, 3.63) is 95.4 Å². The number of nitrogens with zero attached hydrogens (tertiary/aromatic N) is 4. The van der Waals surface area contributed by atoms with Gasteiger partial charge < -0.3 is 10.5 Å². The molecule has 0 aliphatic carbocycles. The molecule has 0 amide bonds. The molecule has 37 heavy (non-hydrogen) atoms. The van der Waals surface area contributed by atoms with E-state index >= 15 is 0 Å². The Morgan fingerprint density at radius 2 is 1.81 bits per heavy atom. The Morgan fingerprint density at radius 3 is 2.54 bits per heavy atom. The van der Waals surface area contributed by atoms with Gasteiger partial charge in [0.15, 0.2) is 5.82 Å². The first kappa shape index (κ1) is 23.9. The van der Waals surface area contributed by atoms with Gasteiger partial charge in [-0.2, -0.15) is 0 Å². The van der Waals surface area contributed by atoms with Crippen LogP contribution >= 0.6 is 0 Å². The number of sulfonamides is 1. The zero-order valence-corrected chi connectivity index (χ0v) is 20.1. The van der Waals surface area contributed by atoms with E-state index in [1.165, 1.54) is 36.2 Å². The number of hydrogen-bond donors (Lipinski definition) is 2. The van der Waals surface area contributed by atoms with Crippen LogP contribution in [0.4, 0.5) is 16.0 Å². The summed E-state index contributed by atoms with van der Waals surface area (Å²) in [6.07, 6.45) is 3.55. The van der Waals surface area contributed by atoms with Gasteiger partial charge in [0.2, 0.25) is 11.8 Å². The third-order valence-electron chi connectivity index (χ3n) is 5.56. The molecule has 0 spiro atoms. The Labute approximate surface area is 210 Å². The molecule has 3 N–H and O–H groups in total. The molecule has 10 nitrogen and oxygen atoms in total. The highest BCUT2D eigenvalue weighted by molar-refractivity contribution is 7.92. The highest BCUT2D eigenvalue weighted by atomic mass is 32.2. The summed E-state index contributed by atoms with van der Waals surface area (Å²) >= 11 is 0. The minimum atomic E-state index is -4.31. The van der Waals surface area contributed by atoms with Crippen LogP contribution in [-0.2, 0) is 10.0 Å². The standard InChI is InChI=1S/C25H19FN6O4S/c1-36-23-22(37(34,35)31-21-9-10-28-14-19(21)26)12-16(13-29-23)15-7-8-20-18(11-15)24(33)32(25(27)30-20)17-5-3-2-4-6-17/h2-14H,1H3,(H2,27,30)(H,28,31). The van der Waals surface area contributed by atoms with Gasteiger partial charge in [0, 0.05) is 18.0 Å². The maximum absolute atomic E-state index is 14.0. The fraction of sp³-hybridized carbons (Fsp3) is 0.0400. The molecule has 2 aromatic carbocycles. The minimum absolute atomic E-state index is 0.0327. The number of fused-ring (bicyclic) bond motifs is 1. The smallest absolute Gasteiger partial charge is 0.267 e. The van der Waals surface area contributed by atoms with Crippen molar-refractivity contribution in [1.82, 2.24) is 19.5 Å². The predicted octanol–water partition coefficient (Wildman–Crippen LogP) is 3.37. The molecule has 5 rings (SSSR count). The quantitative estimate of drug-likeness (QED) is 0.348. The molecule has 0 atom stereocenters. The molecule has 0 saturated carbocycles. The van der Waals surface area contributed by atoms with Crippen LogP contribution in [0.1, 0.15) is 0 Å². The molecule has 12 heteroatoms. The number of halogens is 1. The number of para-hydroxylation sites is 1. The SMILES string of the molecule is COc1ncc(-c2ccc3nc(N)n(-c4ccccc4)c(=O)c3c2)cc1S(=O)(=O)Nc1ccncc1F. The Hall–Kier alpha value is -4.84. The van der Waals surface area contributed by atoms with Crippen LogP contribution in [0.5, 0.6) is 5.88 Å². The van der Waals surface area contributed by atoms with Gasteiger partial charge in [-0.25, -0.2) is 27.3 Å². The Balaban J connectivity index is 1.63. The number of ether oxygens (including phenoxy) is 1. The van der Waals surface area contributed by atoms with Gasteiger partial charge in [0.25, 0.3) is 15.6 Å². The predicted molar refractivity (Wildman–Crippen MR) is 137 cm³/mol. The van der Waals surface area contributed by atoms with Gasteiger partial charge in [-0.1, -0.05) is 24.3 Å². The van der Waals surface area contributed by atoms with Crippen molar-refractivity contribution >= 4 is 32.6 Å². The lowest BCUT2D eigenvalue weighted by molar-refractivity contribution is 0.385. The fourth-order valence-electron chi connectivity index (χ4n) is 3.80. The number of nitrogen functional groups attached to an aromatic ring is 1. The van der Waals surface area contributed by atoms with E-state index in [-0.39, 0.29) is 33.4 Å². The third-order valence-corrected chi connectivity index (χ3v) is 6.92. The normalized spacial score (nSPS) is 11.4. The number of methoxy groups -OCH3 is 1. The number of nitrogens with one attached hydrogen (secondary N) is 1. The van der Waals surface area contributed by atoms with Gasteiger partial charge in [0.1, 0.15) is 4.90 Å². The second-order valence-corrected chi connectivity index (χ2v) is 9.52. The van der Waals surface area contributed by atoms with E-state index in [9.17, 15) is 17.6 Å². The van der Waals surface area contributed by atoms with Gasteiger partial charge in [0.05, 0.1) is 35.6 Å². The second kappa shape index (κ2) is 9.32. The van der Waals surface area contributed by atoms with Crippen molar-refractivity contribution in [2.75, 3.05) is 17.6 Å². The summed E-state index contributed by atoms with van der Waals surface area (Å²) in [7, 11) is -3.04. The second-order valence-electron chi connectivity index (χ2n) is 7.87. The maximum atomic E-state index is 14.0. The van der Waals surface area contributed by atoms with Crippen LogP contribution in [0.3, 0.4) is 0 Å². The molecule has 3 heterocycles. The van der Waals surface area contributed by atoms with Crippen molar-refractivity contribution in [3.63, 3.8) is 0 Å². The summed E-state index contributed by atoms with van der Waals surface area (Å²) in [6.45, 7) is 0. The van der Waals surface area contributed by atoms with Crippen molar-refractivity contribution in [2.24, 2.45) is 0 Å². The average molecular weight is 519 g/mol. The van der Waals surface area contributed by atoms with E-state index in [4.69, 9.17) is 10.5 Å². The molecular weight excluding hydrogens is 499 g/mol. The van der Waals surface area contributed by atoms with E-state index in [1.807, 2.05) is 6.07 Å². The zero-order chi connectivity index (χ0) is 26.2. The van der Waals surface area contributed by atoms with Crippen LogP contribution in [-0.4, -0.2) is 35.0 Å². The number of benzene rings is 2. The summed E-state index contributed by atoms with van der Waals surface area (Å²) in [5.74, 6) is -0.997. The third kappa shape index (κ3) is 4.45. The summed E-state index contributed by atoms with van der Waals surface area (Å²) in [4.78, 5) is 25.1. The van der Waals surface area contributed by atoms with E-state index in [0.717, 1.165) is 6.20 Å². The van der Waals surface area contributed by atoms with E-state index in [0.29, 0.717) is 22.3 Å². The van der Waals surface area contributed by atoms with Crippen LogP contribution < -0.4 is 20.8 Å². The topological polar surface area (TPSA) is 142 Å². The first-order valence-electron chi connectivity index (χ1n) is 10.8. The molecule has 0 fully saturated rings. The van der Waals surface area contributed by atoms with Crippen molar-refractivity contribution in [1.29, 1.82) is 0 Å². The number of nitrogens with two attached hydrogens (primary N) is 1. The Morgan fingerprint density at radius 1 is 1.03 bits per heavy atom. The molecule has 3 aromatic heterocycles. The molecule has 0 aliphatic heterocycles. The maximum Gasteiger partial charge on any atom is 0.267 e. The Kier molecular flexibility index (Phi) is 6.01. The number of aromatic nitrogens is 4. The first-order chi connectivity index (χ1) is 17.8. The summed E-state index contributed by atoms with van der Waals surface area (Å²) in [5.41, 5.74) is 7.20. The summed E-state index contributed by atoms with van der Waals surface area (Å²) in [5, 5.41) is 0.271. The highest BCUT2D eigenvalue weighted by Gasteiger charge is 2.23. The lowest BCUT2D eigenvalue weighted by Crippen LogP contribution is -2.23. The van der Waals surface area contributed by atoms with Crippen LogP contribution in [0.2, 0.25) is 0 Å². The largest absolute Gasteiger partial charge is 0.480 e. The van der Waals surface area contributed by atoms with Gasteiger partial charge in [-0.05, 0) is 42.0 Å². The first-order valence-corrected chi connectivity index (χ1v) is 12.3.